The number of nitrogens with zero attached hydrogens (tertiary/aromatic N) is 3. The fraction of sp³-hybridized carbons (Fsp3) is 0.250. The summed E-state index contributed by atoms with van der Waals surface area (Å²) in [6.45, 7) is 1.97. The Morgan fingerprint density at radius 3 is 3.42 bits per heavy atom. The molecule has 0 spiro atoms. The van der Waals surface area contributed by atoms with Crippen LogP contribution in [0.25, 0.3) is 5.82 Å². The predicted molar refractivity (Wildman–Crippen MR) is 43.3 cm³/mol. The van der Waals surface area contributed by atoms with E-state index in [-0.39, 0.29) is 0 Å². The van der Waals surface area contributed by atoms with Gasteiger partial charge in [0.15, 0.2) is 5.82 Å². The Bertz CT molecular complexity index is 438. The van der Waals surface area contributed by atoms with Gasteiger partial charge in [0.25, 0.3) is 0 Å². The lowest BCUT2D eigenvalue weighted by Gasteiger charge is -1.91. The molecular weight excluding hydrogens is 152 g/mol. The second-order valence-electron chi connectivity index (χ2n) is 3.06. The van der Waals surface area contributed by atoms with Crippen LogP contribution in [0.3, 0.4) is 0 Å². The first-order chi connectivity index (χ1) is 5.84. The summed E-state index contributed by atoms with van der Waals surface area (Å²) in [6.07, 6.45) is 4.61. The molecule has 0 aromatic carbocycles. The van der Waals surface area contributed by atoms with Crippen LogP contribution in [0.5, 0.6) is 0 Å². The van der Waals surface area contributed by atoms with Gasteiger partial charge in [0.2, 0.25) is 0 Å². The van der Waals surface area contributed by atoms with Gasteiger partial charge in [-0.3, -0.25) is 4.57 Å². The molecule has 0 saturated carbocycles. The molecule has 1 N–H and O–H groups in total. The highest BCUT2D eigenvalue weighted by Gasteiger charge is 2.20. The van der Waals surface area contributed by atoms with E-state index in [0.29, 0.717) is 0 Å². The van der Waals surface area contributed by atoms with E-state index >= 15 is 0 Å². The lowest BCUT2D eigenvalue weighted by Crippen LogP contribution is -1.90. The van der Waals surface area contributed by atoms with Crippen molar-refractivity contribution in [2.45, 2.75) is 13.3 Å². The Hall–Kier alpha value is -1.58. The first-order valence-electron chi connectivity index (χ1n) is 3.91. The minimum atomic E-state index is 0.927. The second kappa shape index (κ2) is 1.77. The number of H-pyrrole nitrogens is 1. The average Bonchev–Trinajstić information content (AvgIpc) is 2.59. The number of hydrogen-bond acceptors (Lipinski definition) is 2. The Labute approximate surface area is 69.3 Å². The summed E-state index contributed by atoms with van der Waals surface area (Å²) in [5.41, 5.74) is 2.41. The number of aromatic nitrogens is 4. The van der Waals surface area contributed by atoms with Crippen LogP contribution in [0, 0.1) is 6.92 Å². The number of imidazole rings is 2. The van der Waals surface area contributed by atoms with Crippen molar-refractivity contribution >= 4 is 0 Å². The predicted octanol–water partition coefficient (Wildman–Crippen LogP) is 0.808. The summed E-state index contributed by atoms with van der Waals surface area (Å²) < 4.78 is 2.03. The van der Waals surface area contributed by atoms with Crippen LogP contribution < -0.4 is 0 Å². The molecular formula is C8H8N4. The van der Waals surface area contributed by atoms with Gasteiger partial charge in [0.1, 0.15) is 12.2 Å². The smallest absolute Gasteiger partial charge is 0.160 e. The van der Waals surface area contributed by atoms with E-state index in [1.807, 2.05) is 17.7 Å². The standard InChI is InChI=1S/C8H8N4/c1-5-10-7-2-6-3-9-4-12(6)8(7)11-5/h3-4H,2H2,1H3,(H,10,11). The Kier molecular flexibility index (Phi) is 0.885. The maximum absolute atomic E-state index is 4.37. The zero-order chi connectivity index (χ0) is 8.13. The van der Waals surface area contributed by atoms with Crippen molar-refractivity contribution in [1.82, 2.24) is 19.5 Å². The number of nitrogens with one attached hydrogen (secondary N) is 1. The van der Waals surface area contributed by atoms with Gasteiger partial charge in [0.05, 0.1) is 11.4 Å². The number of aromatic amines is 1. The SMILES string of the molecule is Cc1nc2c([nH]1)Cc1cncn1-2. The zero-order valence-electron chi connectivity index (χ0n) is 6.70. The third-order valence-corrected chi connectivity index (χ3v) is 2.18. The fourth-order valence-corrected chi connectivity index (χ4v) is 1.68. The van der Waals surface area contributed by atoms with Crippen LogP contribution in [-0.2, 0) is 6.42 Å². The number of fused-ring (bicyclic) bond motifs is 3. The molecule has 0 atom stereocenters. The van der Waals surface area contributed by atoms with Crippen molar-refractivity contribution in [3.63, 3.8) is 0 Å². The molecule has 4 nitrogen and oxygen atoms in total. The van der Waals surface area contributed by atoms with Gasteiger partial charge in [-0.1, -0.05) is 0 Å². The first kappa shape index (κ1) is 5.99. The fourth-order valence-electron chi connectivity index (χ4n) is 1.68. The normalized spacial score (nSPS) is 13.1. The van der Waals surface area contributed by atoms with Gasteiger partial charge < -0.3 is 4.98 Å². The van der Waals surface area contributed by atoms with Gasteiger partial charge in [-0.15, -0.1) is 0 Å². The molecule has 1 aliphatic rings. The molecule has 0 saturated heterocycles. The largest absolute Gasteiger partial charge is 0.344 e. The van der Waals surface area contributed by atoms with Crippen LogP contribution in [0.1, 0.15) is 17.2 Å². The first-order valence-corrected chi connectivity index (χ1v) is 3.91. The van der Waals surface area contributed by atoms with Crippen LogP contribution in [-0.4, -0.2) is 19.5 Å². The maximum atomic E-state index is 4.37. The van der Waals surface area contributed by atoms with Gasteiger partial charge in [0, 0.05) is 12.6 Å². The summed E-state index contributed by atoms with van der Waals surface area (Å²) in [5.74, 6) is 1.99. The lowest BCUT2D eigenvalue weighted by atomic mass is 10.3. The van der Waals surface area contributed by atoms with E-state index < -0.39 is 0 Å². The van der Waals surface area contributed by atoms with Gasteiger partial charge in [-0.05, 0) is 6.92 Å². The number of hydrogen-bond donors (Lipinski definition) is 1. The Morgan fingerprint density at radius 1 is 1.58 bits per heavy atom. The molecule has 1 aliphatic heterocycles. The summed E-state index contributed by atoms with van der Waals surface area (Å²) in [7, 11) is 0. The van der Waals surface area contributed by atoms with Gasteiger partial charge in [-0.25, -0.2) is 9.97 Å². The quantitative estimate of drug-likeness (QED) is 0.529. The average molecular weight is 160 g/mol. The van der Waals surface area contributed by atoms with Crippen molar-refractivity contribution in [1.29, 1.82) is 0 Å². The zero-order valence-corrected chi connectivity index (χ0v) is 6.70. The Balaban J connectivity index is 2.32. The van der Waals surface area contributed by atoms with E-state index in [1.165, 1.54) is 11.4 Å². The van der Waals surface area contributed by atoms with Gasteiger partial charge >= 0.3 is 0 Å². The molecule has 0 fully saturated rings. The molecule has 4 heteroatoms. The number of rotatable bonds is 0. The summed E-state index contributed by atoms with van der Waals surface area (Å²) in [6, 6.07) is 0. The molecule has 3 rings (SSSR count). The van der Waals surface area contributed by atoms with E-state index in [2.05, 4.69) is 15.0 Å². The van der Waals surface area contributed by atoms with Crippen LogP contribution in [0.2, 0.25) is 0 Å². The van der Waals surface area contributed by atoms with E-state index in [4.69, 9.17) is 0 Å². The highest BCUT2D eigenvalue weighted by Crippen LogP contribution is 2.24. The molecule has 2 aromatic heterocycles. The molecule has 12 heavy (non-hydrogen) atoms. The van der Waals surface area contributed by atoms with Crippen LogP contribution >= 0.6 is 0 Å². The van der Waals surface area contributed by atoms with Crippen molar-refractivity contribution < 1.29 is 0 Å². The highest BCUT2D eigenvalue weighted by molar-refractivity contribution is 5.41. The molecule has 0 radical (unpaired) electrons. The van der Waals surface area contributed by atoms with Gasteiger partial charge in [-0.2, -0.15) is 0 Å². The lowest BCUT2D eigenvalue weighted by molar-refractivity contribution is 0.970. The van der Waals surface area contributed by atoms with Crippen molar-refractivity contribution in [3.8, 4) is 5.82 Å². The topological polar surface area (TPSA) is 46.5 Å². The second-order valence-corrected chi connectivity index (χ2v) is 3.06. The minimum Gasteiger partial charge on any atom is -0.344 e. The molecule has 0 bridgehead atoms. The summed E-state index contributed by atoms with van der Waals surface area (Å²) >= 11 is 0. The molecule has 2 aromatic rings. The third kappa shape index (κ3) is 0.574. The molecule has 60 valence electrons. The maximum Gasteiger partial charge on any atom is 0.160 e. The molecule has 3 heterocycles. The van der Waals surface area contributed by atoms with E-state index in [1.54, 1.807) is 6.33 Å². The van der Waals surface area contributed by atoms with E-state index in [0.717, 1.165) is 18.1 Å². The van der Waals surface area contributed by atoms with Crippen LogP contribution in [0.15, 0.2) is 12.5 Å². The van der Waals surface area contributed by atoms with Crippen molar-refractivity contribution in [2.75, 3.05) is 0 Å². The number of aryl methyl sites for hydroxylation is 1. The monoisotopic (exact) mass is 160 g/mol. The highest BCUT2D eigenvalue weighted by atomic mass is 15.2. The molecule has 0 amide bonds. The summed E-state index contributed by atoms with van der Waals surface area (Å²) in [4.78, 5) is 11.7. The summed E-state index contributed by atoms with van der Waals surface area (Å²) in [5, 5.41) is 0. The van der Waals surface area contributed by atoms with Crippen molar-refractivity contribution in [2.24, 2.45) is 0 Å². The Morgan fingerprint density at radius 2 is 2.50 bits per heavy atom. The molecule has 0 unspecified atom stereocenters. The third-order valence-electron chi connectivity index (χ3n) is 2.18. The van der Waals surface area contributed by atoms with Crippen LogP contribution in [0.4, 0.5) is 0 Å². The minimum absolute atomic E-state index is 0.927. The van der Waals surface area contributed by atoms with Crippen molar-refractivity contribution in [3.05, 3.63) is 29.7 Å². The van der Waals surface area contributed by atoms with E-state index in [9.17, 15) is 0 Å². The molecule has 0 aliphatic carbocycles.